The van der Waals surface area contributed by atoms with E-state index in [1.807, 2.05) is 0 Å². The minimum atomic E-state index is -0.785. The summed E-state index contributed by atoms with van der Waals surface area (Å²) in [6, 6.07) is 0. The van der Waals surface area contributed by atoms with Gasteiger partial charge in [-0.2, -0.15) is 0 Å². The summed E-state index contributed by atoms with van der Waals surface area (Å²) in [7, 11) is 0. The van der Waals surface area contributed by atoms with Gasteiger partial charge in [0.15, 0.2) is 6.10 Å². The van der Waals surface area contributed by atoms with Crippen molar-refractivity contribution < 1.29 is 28.6 Å². The van der Waals surface area contributed by atoms with Gasteiger partial charge in [-0.1, -0.05) is 268 Å². The molecular weight excluding hydrogens is 865 g/mol. The third-order valence-electron chi connectivity index (χ3n) is 13.3. The van der Waals surface area contributed by atoms with Gasteiger partial charge in [-0.05, 0) is 83.5 Å². The number of rotatable bonds is 55. The lowest BCUT2D eigenvalue weighted by atomic mass is 10.0. The Balaban J connectivity index is 4.31. The van der Waals surface area contributed by atoms with Crippen LogP contribution in [0.15, 0.2) is 60.8 Å². The molecule has 0 heterocycles. The molecule has 0 fully saturated rings. The Labute approximate surface area is 434 Å². The van der Waals surface area contributed by atoms with Crippen molar-refractivity contribution in [3.8, 4) is 0 Å². The topological polar surface area (TPSA) is 78.9 Å². The summed E-state index contributed by atoms with van der Waals surface area (Å²) in [6.45, 7) is 6.54. The summed E-state index contributed by atoms with van der Waals surface area (Å²) in [6.07, 6.45) is 73.6. The molecule has 0 spiro atoms. The number of unbranched alkanes of at least 4 members (excludes halogenated alkanes) is 34. The molecule has 0 amide bonds. The second kappa shape index (κ2) is 58.7. The highest BCUT2D eigenvalue weighted by Crippen LogP contribution is 2.16. The highest BCUT2D eigenvalue weighted by atomic mass is 16.6. The van der Waals surface area contributed by atoms with E-state index in [1.54, 1.807) is 0 Å². The molecule has 0 bridgehead atoms. The summed E-state index contributed by atoms with van der Waals surface area (Å²) < 4.78 is 16.9. The normalized spacial score (nSPS) is 12.4. The Morgan fingerprint density at radius 3 is 0.886 bits per heavy atom. The molecule has 406 valence electrons. The molecule has 1 atom stereocenters. The van der Waals surface area contributed by atoms with Crippen LogP contribution in [0, 0.1) is 0 Å². The van der Waals surface area contributed by atoms with Gasteiger partial charge in [0.05, 0.1) is 0 Å². The van der Waals surface area contributed by atoms with Gasteiger partial charge < -0.3 is 14.2 Å². The second-order valence-electron chi connectivity index (χ2n) is 20.2. The van der Waals surface area contributed by atoms with Gasteiger partial charge in [0.25, 0.3) is 0 Å². The van der Waals surface area contributed by atoms with Crippen LogP contribution in [-0.2, 0) is 28.6 Å². The summed E-state index contributed by atoms with van der Waals surface area (Å²) in [5, 5.41) is 0. The van der Waals surface area contributed by atoms with E-state index in [2.05, 4.69) is 81.5 Å². The van der Waals surface area contributed by atoms with Crippen LogP contribution in [0.3, 0.4) is 0 Å². The van der Waals surface area contributed by atoms with E-state index in [4.69, 9.17) is 14.2 Å². The number of carbonyl (C=O) groups excluding carboxylic acids is 3. The number of hydrogen-bond donors (Lipinski definition) is 0. The van der Waals surface area contributed by atoms with E-state index in [0.717, 1.165) is 96.3 Å². The van der Waals surface area contributed by atoms with Crippen molar-refractivity contribution in [3.63, 3.8) is 0 Å². The first-order valence-electron chi connectivity index (χ1n) is 30.3. The van der Waals surface area contributed by atoms with Crippen LogP contribution in [-0.4, -0.2) is 37.2 Å². The van der Waals surface area contributed by atoms with Gasteiger partial charge in [0.2, 0.25) is 0 Å². The molecule has 0 rings (SSSR count). The van der Waals surface area contributed by atoms with Gasteiger partial charge in [0.1, 0.15) is 13.2 Å². The Morgan fingerprint density at radius 2 is 0.557 bits per heavy atom. The zero-order valence-electron chi connectivity index (χ0n) is 46.5. The fourth-order valence-electron chi connectivity index (χ4n) is 8.72. The fraction of sp³-hybridized carbons (Fsp3) is 0.797. The van der Waals surface area contributed by atoms with E-state index >= 15 is 0 Å². The number of carbonyl (C=O) groups is 3. The monoisotopic (exact) mass is 979 g/mol. The number of ether oxygens (including phenoxy) is 3. The minimum absolute atomic E-state index is 0.0816. The predicted octanol–water partition coefficient (Wildman–Crippen LogP) is 20.4. The van der Waals surface area contributed by atoms with Crippen molar-refractivity contribution in [2.75, 3.05) is 13.2 Å². The third-order valence-corrected chi connectivity index (χ3v) is 13.3. The zero-order chi connectivity index (χ0) is 50.7. The van der Waals surface area contributed by atoms with E-state index in [-0.39, 0.29) is 31.1 Å². The van der Waals surface area contributed by atoms with Crippen LogP contribution in [0.2, 0.25) is 0 Å². The second-order valence-corrected chi connectivity index (χ2v) is 20.2. The van der Waals surface area contributed by atoms with Crippen molar-refractivity contribution in [1.82, 2.24) is 0 Å². The molecule has 0 saturated carbocycles. The minimum Gasteiger partial charge on any atom is -0.462 e. The number of hydrogen-bond acceptors (Lipinski definition) is 6. The first-order chi connectivity index (χ1) is 34.5. The summed E-state index contributed by atoms with van der Waals surface area (Å²) in [4.78, 5) is 38.2. The molecule has 0 aromatic rings. The average molecular weight is 980 g/mol. The molecule has 0 saturated heterocycles. The number of esters is 3. The molecule has 6 heteroatoms. The molecule has 0 aliphatic carbocycles. The first-order valence-corrected chi connectivity index (χ1v) is 30.3. The smallest absolute Gasteiger partial charge is 0.306 e. The first kappa shape index (κ1) is 67.1. The van der Waals surface area contributed by atoms with Crippen LogP contribution < -0.4 is 0 Å². The van der Waals surface area contributed by atoms with Gasteiger partial charge in [-0.3, -0.25) is 14.4 Å². The van der Waals surface area contributed by atoms with E-state index < -0.39 is 6.10 Å². The lowest BCUT2D eigenvalue weighted by Crippen LogP contribution is -2.30. The lowest BCUT2D eigenvalue weighted by molar-refractivity contribution is -0.167. The van der Waals surface area contributed by atoms with Crippen LogP contribution in [0.25, 0.3) is 0 Å². The maximum atomic E-state index is 12.9. The predicted molar refractivity (Wildman–Crippen MR) is 302 cm³/mol. The van der Waals surface area contributed by atoms with E-state index in [9.17, 15) is 14.4 Å². The molecule has 0 N–H and O–H groups in total. The van der Waals surface area contributed by atoms with Crippen LogP contribution >= 0.6 is 0 Å². The molecule has 0 aliphatic rings. The summed E-state index contributed by atoms with van der Waals surface area (Å²) in [5.41, 5.74) is 0. The van der Waals surface area contributed by atoms with Gasteiger partial charge in [-0.15, -0.1) is 0 Å². The fourth-order valence-corrected chi connectivity index (χ4v) is 8.72. The van der Waals surface area contributed by atoms with Gasteiger partial charge in [-0.25, -0.2) is 0 Å². The SMILES string of the molecule is CC/C=C\C/C=C\C/C=C\C/C=C\CCCCCCC(=O)OC(COC(=O)CCCCCCCCCCCCCC)COC(=O)CCCCCCCCCCCCC/C=C\CCCCCCCCCC. The summed E-state index contributed by atoms with van der Waals surface area (Å²) >= 11 is 0. The number of allylic oxidation sites excluding steroid dienone is 10. The maximum absolute atomic E-state index is 12.9. The molecule has 0 aliphatic heterocycles. The largest absolute Gasteiger partial charge is 0.462 e. The zero-order valence-corrected chi connectivity index (χ0v) is 46.5. The summed E-state index contributed by atoms with van der Waals surface area (Å²) in [5.74, 6) is -0.893. The van der Waals surface area contributed by atoms with Crippen LogP contribution in [0.4, 0.5) is 0 Å². The maximum Gasteiger partial charge on any atom is 0.306 e. The van der Waals surface area contributed by atoms with E-state index in [1.165, 1.54) is 173 Å². The van der Waals surface area contributed by atoms with Crippen LogP contribution in [0.5, 0.6) is 0 Å². The van der Waals surface area contributed by atoms with Gasteiger partial charge >= 0.3 is 17.9 Å². The Morgan fingerprint density at radius 1 is 0.300 bits per heavy atom. The Hall–Kier alpha value is -2.89. The van der Waals surface area contributed by atoms with Crippen molar-refractivity contribution in [1.29, 1.82) is 0 Å². The third kappa shape index (κ3) is 56.0. The highest BCUT2D eigenvalue weighted by Gasteiger charge is 2.19. The van der Waals surface area contributed by atoms with Gasteiger partial charge in [0, 0.05) is 19.3 Å². The molecular formula is C64H114O6. The molecule has 6 nitrogen and oxygen atoms in total. The molecule has 0 aromatic carbocycles. The van der Waals surface area contributed by atoms with Crippen molar-refractivity contribution in [2.45, 2.75) is 316 Å². The molecule has 1 unspecified atom stereocenters. The Kier molecular flexibility index (Phi) is 56.3. The quantitative estimate of drug-likeness (QED) is 0.0261. The van der Waals surface area contributed by atoms with Crippen molar-refractivity contribution >= 4 is 17.9 Å². The molecule has 0 aromatic heterocycles. The van der Waals surface area contributed by atoms with Crippen molar-refractivity contribution in [3.05, 3.63) is 60.8 Å². The average Bonchev–Trinajstić information content (AvgIpc) is 3.36. The highest BCUT2D eigenvalue weighted by molar-refractivity contribution is 5.71. The van der Waals surface area contributed by atoms with Crippen molar-refractivity contribution in [2.24, 2.45) is 0 Å². The van der Waals surface area contributed by atoms with Crippen LogP contribution in [0.1, 0.15) is 310 Å². The Bertz CT molecular complexity index is 1260. The molecule has 0 radical (unpaired) electrons. The lowest BCUT2D eigenvalue weighted by Gasteiger charge is -2.18. The standard InChI is InChI=1S/C64H114O6/c1-4-7-10-13-16-19-22-25-27-29-30-31-32-33-34-36-37-39-42-45-48-51-54-57-63(66)69-60-61(59-68-62(65)56-53-50-47-44-41-24-21-18-15-12-9-6-3)70-64(67)58-55-52-49-46-43-40-38-35-28-26-23-20-17-14-11-8-5-2/h8,11,17,20,26,28-30,38,40,61H,4-7,9-10,12-16,18-19,21-25,27,31-37,39,41-60H2,1-3H3/b11-8-,20-17-,28-26-,30-29-,40-38-. The molecule has 70 heavy (non-hydrogen) atoms. The van der Waals surface area contributed by atoms with E-state index in [0.29, 0.717) is 19.3 Å².